The average molecular weight is 180 g/mol. The van der Waals surface area contributed by atoms with Crippen LogP contribution in [0.2, 0.25) is 0 Å². The van der Waals surface area contributed by atoms with Gasteiger partial charge in [0.05, 0.1) is 12.2 Å². The summed E-state index contributed by atoms with van der Waals surface area (Å²) < 4.78 is 5.17. The molecule has 1 N–H and O–H groups in total. The van der Waals surface area contributed by atoms with Gasteiger partial charge in [-0.05, 0) is 48.3 Å². The van der Waals surface area contributed by atoms with Gasteiger partial charge in [0.1, 0.15) is 0 Å². The van der Waals surface area contributed by atoms with Crippen LogP contribution in [0.15, 0.2) is 0 Å². The molecule has 2 nitrogen and oxygen atoms in total. The second-order valence-electron chi connectivity index (χ2n) is 5.65. The van der Waals surface area contributed by atoms with Gasteiger partial charge < -0.3 is 9.84 Å². The topological polar surface area (TPSA) is 29.5 Å². The highest BCUT2D eigenvalue weighted by Gasteiger charge is 2.80. The molecule has 5 rings (SSSR count). The number of aliphatic hydroxyl groups is 1. The van der Waals surface area contributed by atoms with E-state index in [1.807, 2.05) is 0 Å². The van der Waals surface area contributed by atoms with Crippen molar-refractivity contribution in [2.75, 3.05) is 13.7 Å². The zero-order chi connectivity index (χ0) is 8.79. The first kappa shape index (κ1) is 7.24. The molecule has 72 valence electrons. The minimum Gasteiger partial charge on any atom is -0.387 e. The molecular weight excluding hydrogens is 164 g/mol. The SMILES string of the molecule is COC[C@]1(O)C[C@H]2[C@@H]3C[C@@H]4[C@H]2[C@@H]4[C@@H]31. The Kier molecular flexibility index (Phi) is 1.02. The molecule has 0 amide bonds. The molecule has 0 aromatic carbocycles. The predicted octanol–water partition coefficient (Wildman–Crippen LogP) is 0.896. The van der Waals surface area contributed by atoms with Gasteiger partial charge in [-0.2, -0.15) is 0 Å². The maximum Gasteiger partial charge on any atom is 0.0916 e. The van der Waals surface area contributed by atoms with E-state index in [1.54, 1.807) is 7.11 Å². The fourth-order valence-electron chi connectivity index (χ4n) is 5.32. The molecule has 5 saturated carbocycles. The zero-order valence-corrected chi connectivity index (χ0v) is 7.94. The van der Waals surface area contributed by atoms with Crippen LogP contribution in [0, 0.1) is 35.5 Å². The molecule has 0 aromatic heterocycles. The van der Waals surface area contributed by atoms with Crippen molar-refractivity contribution in [1.29, 1.82) is 0 Å². The molecule has 13 heavy (non-hydrogen) atoms. The number of hydrogen-bond acceptors (Lipinski definition) is 2. The maximum absolute atomic E-state index is 10.5. The zero-order valence-electron chi connectivity index (χ0n) is 7.94. The lowest BCUT2D eigenvalue weighted by molar-refractivity contribution is -0.0748. The summed E-state index contributed by atoms with van der Waals surface area (Å²) in [6, 6.07) is 0. The first-order valence-electron chi connectivity index (χ1n) is 5.47. The fourth-order valence-corrected chi connectivity index (χ4v) is 5.32. The van der Waals surface area contributed by atoms with Crippen molar-refractivity contribution in [1.82, 2.24) is 0 Å². The summed E-state index contributed by atoms with van der Waals surface area (Å²) in [5, 5.41) is 10.5. The van der Waals surface area contributed by atoms with Crippen LogP contribution in [0.3, 0.4) is 0 Å². The molecule has 0 unspecified atom stereocenters. The van der Waals surface area contributed by atoms with E-state index in [4.69, 9.17) is 4.74 Å². The van der Waals surface area contributed by atoms with Gasteiger partial charge in [-0.15, -0.1) is 0 Å². The number of rotatable bonds is 2. The lowest BCUT2D eigenvalue weighted by atomic mass is 9.84. The molecule has 0 spiro atoms. The lowest BCUT2D eigenvalue weighted by Gasteiger charge is -2.31. The molecule has 7 atom stereocenters. The summed E-state index contributed by atoms with van der Waals surface area (Å²) >= 11 is 0. The van der Waals surface area contributed by atoms with Gasteiger partial charge in [0.2, 0.25) is 0 Å². The predicted molar refractivity (Wildman–Crippen MR) is 47.0 cm³/mol. The highest BCUT2D eigenvalue weighted by Crippen LogP contribution is 2.82. The highest BCUT2D eigenvalue weighted by atomic mass is 16.5. The quantitative estimate of drug-likeness (QED) is 0.684. The number of hydrogen-bond donors (Lipinski definition) is 1. The largest absolute Gasteiger partial charge is 0.387 e. The third kappa shape index (κ3) is 0.581. The van der Waals surface area contributed by atoms with Crippen molar-refractivity contribution < 1.29 is 9.84 Å². The Bertz CT molecular complexity index is 277. The van der Waals surface area contributed by atoms with E-state index in [1.165, 1.54) is 6.42 Å². The monoisotopic (exact) mass is 180 g/mol. The summed E-state index contributed by atoms with van der Waals surface area (Å²) in [5.41, 5.74) is -0.434. The normalized spacial score (nSPS) is 70.6. The average Bonchev–Trinajstić information content (AvgIpc) is 2.49. The molecule has 0 aromatic rings. The van der Waals surface area contributed by atoms with Crippen LogP contribution in [0.4, 0.5) is 0 Å². The van der Waals surface area contributed by atoms with Gasteiger partial charge in [0, 0.05) is 7.11 Å². The Labute approximate surface area is 78.3 Å². The third-order valence-electron chi connectivity index (χ3n) is 5.36. The fraction of sp³-hybridized carbons (Fsp3) is 1.00. The molecule has 5 aliphatic rings. The van der Waals surface area contributed by atoms with E-state index in [-0.39, 0.29) is 0 Å². The van der Waals surface area contributed by atoms with E-state index in [2.05, 4.69) is 0 Å². The van der Waals surface area contributed by atoms with Crippen LogP contribution in [-0.2, 0) is 4.74 Å². The maximum atomic E-state index is 10.5. The van der Waals surface area contributed by atoms with Crippen molar-refractivity contribution in [2.24, 2.45) is 35.5 Å². The van der Waals surface area contributed by atoms with Crippen LogP contribution >= 0.6 is 0 Å². The minimum absolute atomic E-state index is 0.434. The first-order valence-corrected chi connectivity index (χ1v) is 5.47. The Morgan fingerprint density at radius 3 is 2.69 bits per heavy atom. The summed E-state index contributed by atoms with van der Waals surface area (Å²) in [6.07, 6.45) is 2.46. The summed E-state index contributed by atoms with van der Waals surface area (Å²) in [4.78, 5) is 0. The van der Waals surface area contributed by atoms with Crippen molar-refractivity contribution in [3.05, 3.63) is 0 Å². The molecular formula is C11H16O2. The number of ether oxygens (including phenoxy) is 1. The Morgan fingerprint density at radius 2 is 2.15 bits per heavy atom. The Balaban J connectivity index is 1.72. The van der Waals surface area contributed by atoms with E-state index in [0.29, 0.717) is 12.5 Å². The van der Waals surface area contributed by atoms with Gasteiger partial charge >= 0.3 is 0 Å². The second kappa shape index (κ2) is 1.82. The highest BCUT2D eigenvalue weighted by molar-refractivity contribution is 5.28. The van der Waals surface area contributed by atoms with Gasteiger partial charge in [-0.25, -0.2) is 0 Å². The molecule has 5 aliphatic carbocycles. The van der Waals surface area contributed by atoms with Crippen LogP contribution in [-0.4, -0.2) is 24.4 Å². The summed E-state index contributed by atoms with van der Waals surface area (Å²) in [6.45, 7) is 0.570. The Hall–Kier alpha value is -0.0800. The first-order chi connectivity index (χ1) is 6.26. The van der Waals surface area contributed by atoms with E-state index < -0.39 is 5.60 Å². The van der Waals surface area contributed by atoms with Crippen LogP contribution in [0.1, 0.15) is 12.8 Å². The van der Waals surface area contributed by atoms with Crippen LogP contribution < -0.4 is 0 Å². The smallest absolute Gasteiger partial charge is 0.0916 e. The molecule has 6 bridgehead atoms. The third-order valence-corrected chi connectivity index (χ3v) is 5.36. The van der Waals surface area contributed by atoms with Gasteiger partial charge in [-0.3, -0.25) is 0 Å². The van der Waals surface area contributed by atoms with Gasteiger partial charge in [0.25, 0.3) is 0 Å². The van der Waals surface area contributed by atoms with Crippen molar-refractivity contribution in [2.45, 2.75) is 18.4 Å². The Morgan fingerprint density at radius 1 is 1.31 bits per heavy atom. The van der Waals surface area contributed by atoms with Crippen LogP contribution in [0.5, 0.6) is 0 Å². The molecule has 0 aliphatic heterocycles. The lowest BCUT2D eigenvalue weighted by Crippen LogP contribution is -2.41. The minimum atomic E-state index is -0.434. The standard InChI is InChI=1S/C11H16O2/c1-13-4-11(12)3-7-5-2-6-8(7)9(6)10(5)11/h5-10,12H,2-4H2,1H3/t5-,6+,7-,8+,9+,10+,11+/m0/s1. The van der Waals surface area contributed by atoms with E-state index in [0.717, 1.165) is 36.0 Å². The molecule has 5 fully saturated rings. The summed E-state index contributed by atoms with van der Waals surface area (Å²) in [7, 11) is 1.71. The molecule has 0 radical (unpaired) electrons. The summed E-state index contributed by atoms with van der Waals surface area (Å²) in [5.74, 6) is 5.33. The van der Waals surface area contributed by atoms with E-state index >= 15 is 0 Å². The second-order valence-corrected chi connectivity index (χ2v) is 5.65. The van der Waals surface area contributed by atoms with Gasteiger partial charge in [-0.1, -0.05) is 0 Å². The van der Waals surface area contributed by atoms with Crippen molar-refractivity contribution >= 4 is 0 Å². The molecule has 2 heteroatoms. The number of methoxy groups -OCH3 is 1. The van der Waals surface area contributed by atoms with Crippen LogP contribution in [0.25, 0.3) is 0 Å². The molecule has 0 saturated heterocycles. The van der Waals surface area contributed by atoms with Crippen molar-refractivity contribution in [3.63, 3.8) is 0 Å². The molecule has 0 heterocycles. The van der Waals surface area contributed by atoms with Gasteiger partial charge in [0.15, 0.2) is 0 Å². The van der Waals surface area contributed by atoms with E-state index in [9.17, 15) is 5.11 Å². The van der Waals surface area contributed by atoms with Crippen molar-refractivity contribution in [3.8, 4) is 0 Å².